The summed E-state index contributed by atoms with van der Waals surface area (Å²) in [5.74, 6) is -0.835. The van der Waals surface area contributed by atoms with Gasteiger partial charge in [-0.25, -0.2) is 4.79 Å². The van der Waals surface area contributed by atoms with E-state index < -0.39 is 29.9 Å². The van der Waals surface area contributed by atoms with Crippen molar-refractivity contribution in [1.82, 2.24) is 5.32 Å². The molecule has 0 aliphatic carbocycles. The Kier molecular flexibility index (Phi) is 6.06. The van der Waals surface area contributed by atoms with Crippen molar-refractivity contribution in [2.45, 2.75) is 32.9 Å². The summed E-state index contributed by atoms with van der Waals surface area (Å²) in [6.45, 7) is 5.09. The summed E-state index contributed by atoms with van der Waals surface area (Å²) in [5.41, 5.74) is 0.480. The van der Waals surface area contributed by atoms with Gasteiger partial charge in [0.15, 0.2) is 23.4 Å². The van der Waals surface area contributed by atoms with E-state index in [0.717, 1.165) is 0 Å². The Bertz CT molecular complexity index is 892. The number of carbonyl (C=O) groups is 3. The molecule has 1 aromatic heterocycles. The van der Waals surface area contributed by atoms with Crippen molar-refractivity contribution in [2.24, 2.45) is 5.92 Å². The first-order valence-corrected chi connectivity index (χ1v) is 9.10. The number of rotatable bonds is 7. The monoisotopic (exact) mass is 402 g/mol. The van der Waals surface area contributed by atoms with Crippen LogP contribution < -0.4 is 20.1 Å². The number of hydrogen-bond acceptors (Lipinski definition) is 7. The number of nitrogens with one attached hydrogen (secondary N) is 2. The smallest absolute Gasteiger partial charge is 0.329 e. The fourth-order valence-electron chi connectivity index (χ4n) is 2.64. The first kappa shape index (κ1) is 20.2. The molecule has 29 heavy (non-hydrogen) atoms. The first-order chi connectivity index (χ1) is 13.8. The molecule has 0 unspecified atom stereocenters. The summed E-state index contributed by atoms with van der Waals surface area (Å²) in [4.78, 5) is 37.1. The van der Waals surface area contributed by atoms with Crippen LogP contribution in [0.3, 0.4) is 0 Å². The summed E-state index contributed by atoms with van der Waals surface area (Å²) in [5, 5.41) is 5.23. The number of carbonyl (C=O) groups excluding carboxylic acids is 3. The van der Waals surface area contributed by atoms with Crippen LogP contribution in [0.15, 0.2) is 41.0 Å². The van der Waals surface area contributed by atoms with E-state index >= 15 is 0 Å². The Morgan fingerprint density at radius 2 is 1.83 bits per heavy atom. The fourth-order valence-corrected chi connectivity index (χ4v) is 2.64. The highest BCUT2D eigenvalue weighted by atomic mass is 16.7. The van der Waals surface area contributed by atoms with Crippen molar-refractivity contribution in [1.29, 1.82) is 0 Å². The third-order valence-corrected chi connectivity index (χ3v) is 4.25. The summed E-state index contributed by atoms with van der Waals surface area (Å²) >= 11 is 0. The van der Waals surface area contributed by atoms with Crippen molar-refractivity contribution >= 4 is 23.5 Å². The molecule has 0 bridgehead atoms. The van der Waals surface area contributed by atoms with Gasteiger partial charge in [-0.2, -0.15) is 0 Å². The molecule has 2 atom stereocenters. The molecule has 1 aliphatic rings. The number of ether oxygens (including phenoxy) is 3. The van der Waals surface area contributed by atoms with E-state index in [1.54, 1.807) is 38.1 Å². The lowest BCUT2D eigenvalue weighted by molar-refractivity contribution is -0.156. The lowest BCUT2D eigenvalue weighted by atomic mass is 10.0. The van der Waals surface area contributed by atoms with Crippen molar-refractivity contribution < 1.29 is 33.0 Å². The van der Waals surface area contributed by atoms with Gasteiger partial charge in [0.05, 0.1) is 6.26 Å². The molecule has 1 aliphatic heterocycles. The van der Waals surface area contributed by atoms with Crippen LogP contribution in [0, 0.1) is 5.92 Å². The Balaban J connectivity index is 1.58. The van der Waals surface area contributed by atoms with Crippen LogP contribution in [-0.4, -0.2) is 36.7 Å². The van der Waals surface area contributed by atoms with E-state index in [-0.39, 0.29) is 18.5 Å². The third kappa shape index (κ3) is 4.87. The SMILES string of the molecule is CC(C)[C@H](NC(=O)c1ccco1)C(=O)O[C@H](C)C(=O)Nc1ccc2c(c1)OCO2. The Morgan fingerprint density at radius 3 is 2.52 bits per heavy atom. The maximum Gasteiger partial charge on any atom is 0.329 e. The average molecular weight is 402 g/mol. The van der Waals surface area contributed by atoms with Gasteiger partial charge in [-0.15, -0.1) is 0 Å². The largest absolute Gasteiger partial charge is 0.459 e. The second-order valence-corrected chi connectivity index (χ2v) is 6.81. The quantitative estimate of drug-likeness (QED) is 0.683. The molecular formula is C20H22N2O7. The van der Waals surface area contributed by atoms with Crippen LogP contribution >= 0.6 is 0 Å². The number of anilines is 1. The predicted molar refractivity (Wildman–Crippen MR) is 102 cm³/mol. The third-order valence-electron chi connectivity index (χ3n) is 4.25. The zero-order chi connectivity index (χ0) is 21.0. The van der Waals surface area contributed by atoms with E-state index in [0.29, 0.717) is 17.2 Å². The number of fused-ring (bicyclic) bond motifs is 1. The van der Waals surface area contributed by atoms with Gasteiger partial charge in [0.25, 0.3) is 11.8 Å². The first-order valence-electron chi connectivity index (χ1n) is 9.10. The Morgan fingerprint density at radius 1 is 1.07 bits per heavy atom. The number of hydrogen-bond donors (Lipinski definition) is 2. The fraction of sp³-hybridized carbons (Fsp3) is 0.350. The second kappa shape index (κ2) is 8.68. The van der Waals surface area contributed by atoms with E-state index in [1.807, 2.05) is 0 Å². The molecule has 0 fully saturated rings. The summed E-state index contributed by atoms with van der Waals surface area (Å²) < 4.78 is 20.8. The highest BCUT2D eigenvalue weighted by Crippen LogP contribution is 2.34. The van der Waals surface area contributed by atoms with Crippen LogP contribution in [0.1, 0.15) is 31.3 Å². The molecule has 2 N–H and O–H groups in total. The van der Waals surface area contributed by atoms with Crippen molar-refractivity contribution in [2.75, 3.05) is 12.1 Å². The number of furan rings is 1. The zero-order valence-electron chi connectivity index (χ0n) is 16.3. The van der Waals surface area contributed by atoms with Crippen LogP contribution in [-0.2, 0) is 14.3 Å². The summed E-state index contributed by atoms with van der Waals surface area (Å²) in [7, 11) is 0. The normalized spacial score (nSPS) is 14.2. The molecule has 9 nitrogen and oxygen atoms in total. The molecule has 0 spiro atoms. The predicted octanol–water partition coefficient (Wildman–Crippen LogP) is 2.33. The zero-order valence-corrected chi connectivity index (χ0v) is 16.3. The minimum absolute atomic E-state index is 0.0806. The minimum atomic E-state index is -1.07. The molecule has 1 aromatic carbocycles. The van der Waals surface area contributed by atoms with Gasteiger partial charge in [0.1, 0.15) is 6.04 Å². The van der Waals surface area contributed by atoms with Gasteiger partial charge in [-0.3, -0.25) is 9.59 Å². The van der Waals surface area contributed by atoms with Crippen molar-refractivity contribution in [3.05, 3.63) is 42.4 Å². The highest BCUT2D eigenvalue weighted by Gasteiger charge is 2.30. The van der Waals surface area contributed by atoms with Crippen LogP contribution in [0.4, 0.5) is 5.69 Å². The lowest BCUT2D eigenvalue weighted by Gasteiger charge is -2.22. The maximum absolute atomic E-state index is 12.5. The van der Waals surface area contributed by atoms with E-state index in [2.05, 4.69) is 10.6 Å². The minimum Gasteiger partial charge on any atom is -0.459 e. The van der Waals surface area contributed by atoms with Gasteiger partial charge in [0.2, 0.25) is 6.79 Å². The molecule has 2 aromatic rings. The highest BCUT2D eigenvalue weighted by molar-refractivity contribution is 5.97. The van der Waals surface area contributed by atoms with Crippen LogP contribution in [0.25, 0.3) is 0 Å². The van der Waals surface area contributed by atoms with Crippen LogP contribution in [0.5, 0.6) is 11.5 Å². The standard InChI is InChI=1S/C20H22N2O7/c1-11(2)17(22-19(24)15-5-4-8-26-15)20(25)29-12(3)18(23)21-13-6-7-14-16(9-13)28-10-27-14/h4-9,11-12,17H,10H2,1-3H3,(H,21,23)(H,22,24)/t12-,17+/m1/s1. The Labute approximate surface area is 167 Å². The second-order valence-electron chi connectivity index (χ2n) is 6.81. The van der Waals surface area contributed by atoms with Gasteiger partial charge < -0.3 is 29.3 Å². The molecule has 2 amide bonds. The molecule has 0 saturated heterocycles. The number of amides is 2. The van der Waals surface area contributed by atoms with E-state index in [4.69, 9.17) is 18.6 Å². The van der Waals surface area contributed by atoms with Gasteiger partial charge in [-0.1, -0.05) is 13.8 Å². The van der Waals surface area contributed by atoms with E-state index in [9.17, 15) is 14.4 Å². The summed E-state index contributed by atoms with van der Waals surface area (Å²) in [6, 6.07) is 7.07. The Hall–Kier alpha value is -3.49. The molecular weight excluding hydrogens is 380 g/mol. The van der Waals surface area contributed by atoms with Gasteiger partial charge in [0, 0.05) is 11.8 Å². The molecule has 3 rings (SSSR count). The number of benzene rings is 1. The topological polar surface area (TPSA) is 116 Å². The van der Waals surface area contributed by atoms with E-state index in [1.165, 1.54) is 19.3 Å². The van der Waals surface area contributed by atoms with Crippen molar-refractivity contribution in [3.8, 4) is 11.5 Å². The lowest BCUT2D eigenvalue weighted by Crippen LogP contribution is -2.47. The molecule has 0 radical (unpaired) electrons. The van der Waals surface area contributed by atoms with Crippen molar-refractivity contribution in [3.63, 3.8) is 0 Å². The molecule has 2 heterocycles. The van der Waals surface area contributed by atoms with Gasteiger partial charge >= 0.3 is 5.97 Å². The molecule has 154 valence electrons. The summed E-state index contributed by atoms with van der Waals surface area (Å²) in [6.07, 6.45) is 0.287. The molecule has 9 heteroatoms. The average Bonchev–Trinajstić information content (AvgIpc) is 3.36. The molecule has 0 saturated carbocycles. The number of esters is 1. The maximum atomic E-state index is 12.5. The van der Waals surface area contributed by atoms with Gasteiger partial charge in [-0.05, 0) is 37.1 Å². The van der Waals surface area contributed by atoms with Crippen LogP contribution in [0.2, 0.25) is 0 Å².